The predicted octanol–water partition coefficient (Wildman–Crippen LogP) is 0.778. The van der Waals surface area contributed by atoms with E-state index in [0.717, 1.165) is 12.8 Å². The van der Waals surface area contributed by atoms with Crippen LogP contribution >= 0.6 is 0 Å². The fraction of sp³-hybridized carbons (Fsp3) is 0.750. The first-order chi connectivity index (χ1) is 6.27. The van der Waals surface area contributed by atoms with Crippen molar-refractivity contribution in [2.45, 2.75) is 25.7 Å². The zero-order valence-corrected chi connectivity index (χ0v) is 7.40. The van der Waals surface area contributed by atoms with Crippen molar-refractivity contribution in [2.24, 2.45) is 0 Å². The van der Waals surface area contributed by atoms with Crippen molar-refractivity contribution < 1.29 is 24.2 Å². The number of ether oxygens (including phenoxy) is 2. The third-order valence-electron chi connectivity index (χ3n) is 1.40. The fourth-order valence-electron chi connectivity index (χ4n) is 0.792. The molecule has 5 nitrogen and oxygen atoms in total. The van der Waals surface area contributed by atoms with Crippen LogP contribution in [-0.2, 0) is 19.1 Å². The van der Waals surface area contributed by atoms with Gasteiger partial charge < -0.3 is 14.6 Å². The van der Waals surface area contributed by atoms with Crippen LogP contribution in [0.25, 0.3) is 0 Å². The van der Waals surface area contributed by atoms with Gasteiger partial charge in [0, 0.05) is 6.42 Å². The second kappa shape index (κ2) is 8.99. The van der Waals surface area contributed by atoms with Gasteiger partial charge in [0.1, 0.15) is 0 Å². The Hall–Kier alpha value is -1.10. The van der Waals surface area contributed by atoms with Gasteiger partial charge in [0.2, 0.25) is 0 Å². The summed E-state index contributed by atoms with van der Waals surface area (Å²) in [5.41, 5.74) is 0. The number of carbonyl (C=O) groups excluding carboxylic acids is 1. The number of carbonyl (C=O) groups is 2. The van der Waals surface area contributed by atoms with Gasteiger partial charge >= 0.3 is 5.97 Å². The molecule has 0 saturated heterocycles. The number of hydrogen-bond donors (Lipinski definition) is 1. The number of hydrogen-bond acceptors (Lipinski definition) is 4. The normalized spacial score (nSPS) is 9.54. The maximum absolute atomic E-state index is 10.1. The molecular weight excluding hydrogens is 176 g/mol. The number of aliphatic carboxylic acids is 1. The Morgan fingerprint density at radius 3 is 2.69 bits per heavy atom. The van der Waals surface area contributed by atoms with Gasteiger partial charge in [-0.1, -0.05) is 6.42 Å². The van der Waals surface area contributed by atoms with Crippen molar-refractivity contribution in [3.63, 3.8) is 0 Å². The van der Waals surface area contributed by atoms with E-state index in [4.69, 9.17) is 9.84 Å². The van der Waals surface area contributed by atoms with E-state index in [0.29, 0.717) is 19.5 Å². The lowest BCUT2D eigenvalue weighted by Gasteiger charge is -2.01. The van der Waals surface area contributed by atoms with Gasteiger partial charge in [0.15, 0.2) is 6.79 Å². The van der Waals surface area contributed by atoms with E-state index in [9.17, 15) is 9.59 Å². The summed E-state index contributed by atoms with van der Waals surface area (Å²) in [6.45, 7) is 0.792. The number of carboxylic acids is 1. The lowest BCUT2D eigenvalue weighted by molar-refractivity contribution is -0.141. The Bertz CT molecular complexity index is 145. The first-order valence-electron chi connectivity index (χ1n) is 4.12. The quantitative estimate of drug-likeness (QED) is 0.330. The Morgan fingerprint density at radius 1 is 1.31 bits per heavy atom. The van der Waals surface area contributed by atoms with Crippen molar-refractivity contribution in [2.75, 3.05) is 13.4 Å². The van der Waals surface area contributed by atoms with Crippen LogP contribution in [-0.4, -0.2) is 30.9 Å². The molecule has 0 bridgehead atoms. The lowest BCUT2D eigenvalue weighted by Crippen LogP contribution is -2.00. The highest BCUT2D eigenvalue weighted by atomic mass is 16.7. The maximum atomic E-state index is 10.1. The van der Waals surface area contributed by atoms with E-state index in [1.54, 1.807) is 0 Å². The Balaban J connectivity index is 2.91. The van der Waals surface area contributed by atoms with Crippen molar-refractivity contribution in [3.05, 3.63) is 0 Å². The van der Waals surface area contributed by atoms with E-state index >= 15 is 0 Å². The van der Waals surface area contributed by atoms with Crippen molar-refractivity contribution in [1.29, 1.82) is 0 Å². The van der Waals surface area contributed by atoms with E-state index in [1.165, 1.54) is 0 Å². The van der Waals surface area contributed by atoms with Gasteiger partial charge in [-0.15, -0.1) is 0 Å². The minimum absolute atomic E-state index is 0.0254. The molecule has 0 aromatic rings. The van der Waals surface area contributed by atoms with E-state index in [-0.39, 0.29) is 13.2 Å². The molecule has 0 heterocycles. The molecule has 0 aliphatic rings. The fourth-order valence-corrected chi connectivity index (χ4v) is 0.792. The number of unbranched alkanes of at least 4 members (excludes halogenated alkanes) is 2. The van der Waals surface area contributed by atoms with Gasteiger partial charge in [-0.05, 0) is 12.8 Å². The summed E-state index contributed by atoms with van der Waals surface area (Å²) in [5.74, 6) is -0.773. The monoisotopic (exact) mass is 190 g/mol. The molecule has 0 aliphatic carbocycles. The molecule has 0 aromatic heterocycles. The van der Waals surface area contributed by atoms with E-state index in [2.05, 4.69) is 4.74 Å². The zero-order chi connectivity index (χ0) is 9.94. The molecule has 0 saturated carbocycles. The molecule has 0 amide bonds. The second-order valence-electron chi connectivity index (χ2n) is 2.49. The van der Waals surface area contributed by atoms with E-state index < -0.39 is 5.97 Å². The van der Waals surface area contributed by atoms with Crippen molar-refractivity contribution in [3.8, 4) is 0 Å². The molecule has 76 valence electrons. The second-order valence-corrected chi connectivity index (χ2v) is 2.49. The molecule has 0 spiro atoms. The molecule has 5 heteroatoms. The SMILES string of the molecule is O=COCOCCCCCC(=O)O. The van der Waals surface area contributed by atoms with Crippen molar-refractivity contribution >= 4 is 12.4 Å². The molecule has 1 N–H and O–H groups in total. The molecule has 13 heavy (non-hydrogen) atoms. The summed E-state index contributed by atoms with van der Waals surface area (Å²) in [7, 11) is 0. The predicted molar refractivity (Wildman–Crippen MR) is 44.1 cm³/mol. The average Bonchev–Trinajstić information content (AvgIpc) is 2.09. The topological polar surface area (TPSA) is 72.8 Å². The Labute approximate surface area is 76.6 Å². The Kier molecular flexibility index (Phi) is 8.23. The van der Waals surface area contributed by atoms with Crippen molar-refractivity contribution in [1.82, 2.24) is 0 Å². The lowest BCUT2D eigenvalue weighted by atomic mass is 10.2. The summed E-state index contributed by atoms with van der Waals surface area (Å²) in [6, 6.07) is 0. The van der Waals surface area contributed by atoms with Crippen LogP contribution in [0.2, 0.25) is 0 Å². The average molecular weight is 190 g/mol. The summed E-state index contributed by atoms with van der Waals surface area (Å²) >= 11 is 0. The van der Waals surface area contributed by atoms with Crippen LogP contribution in [0.3, 0.4) is 0 Å². The molecule has 0 radical (unpaired) electrons. The molecule has 0 aromatic carbocycles. The zero-order valence-electron chi connectivity index (χ0n) is 7.40. The van der Waals surface area contributed by atoms with Crippen LogP contribution in [0.4, 0.5) is 0 Å². The van der Waals surface area contributed by atoms with Crippen LogP contribution < -0.4 is 0 Å². The number of rotatable bonds is 9. The summed E-state index contributed by atoms with van der Waals surface area (Å²) in [6.07, 6.45) is 2.46. The standard InChI is InChI=1S/C8H14O5/c9-6-13-7-12-5-3-1-2-4-8(10)11/h6H,1-5,7H2,(H,10,11). The highest BCUT2D eigenvalue weighted by Gasteiger charge is 1.95. The molecule has 0 fully saturated rings. The van der Waals surface area contributed by atoms with Gasteiger partial charge in [0.25, 0.3) is 6.47 Å². The maximum Gasteiger partial charge on any atom is 0.303 e. The molecule has 0 aliphatic heterocycles. The van der Waals surface area contributed by atoms with Crippen LogP contribution in [0, 0.1) is 0 Å². The van der Waals surface area contributed by atoms with Gasteiger partial charge in [-0.3, -0.25) is 9.59 Å². The van der Waals surface area contributed by atoms with Crippen LogP contribution in [0.1, 0.15) is 25.7 Å². The highest BCUT2D eigenvalue weighted by molar-refractivity contribution is 5.66. The summed E-state index contributed by atoms with van der Waals surface area (Å²) < 4.78 is 9.16. The largest absolute Gasteiger partial charge is 0.481 e. The van der Waals surface area contributed by atoms with Crippen LogP contribution in [0.15, 0.2) is 0 Å². The third kappa shape index (κ3) is 10.9. The summed E-state index contributed by atoms with van der Waals surface area (Å²) in [5, 5.41) is 8.30. The minimum Gasteiger partial charge on any atom is -0.481 e. The first kappa shape index (κ1) is 11.9. The van der Waals surface area contributed by atoms with E-state index in [1.807, 2.05) is 0 Å². The Morgan fingerprint density at radius 2 is 2.08 bits per heavy atom. The summed E-state index contributed by atoms with van der Waals surface area (Å²) in [4.78, 5) is 19.7. The molecule has 0 unspecified atom stereocenters. The smallest absolute Gasteiger partial charge is 0.303 e. The third-order valence-corrected chi connectivity index (χ3v) is 1.40. The number of carboxylic acid groups (broad SMARTS) is 1. The van der Waals surface area contributed by atoms with Crippen LogP contribution in [0.5, 0.6) is 0 Å². The van der Waals surface area contributed by atoms with Gasteiger partial charge in [0.05, 0.1) is 6.61 Å². The first-order valence-corrected chi connectivity index (χ1v) is 4.12. The molecule has 0 atom stereocenters. The molecule has 0 rings (SSSR count). The van der Waals surface area contributed by atoms with Gasteiger partial charge in [-0.25, -0.2) is 0 Å². The van der Waals surface area contributed by atoms with Gasteiger partial charge in [-0.2, -0.15) is 0 Å². The minimum atomic E-state index is -0.773. The highest BCUT2D eigenvalue weighted by Crippen LogP contribution is 1.99. The molecular formula is C8H14O5.